The first-order chi connectivity index (χ1) is 13.8. The van der Waals surface area contributed by atoms with Gasteiger partial charge in [-0.1, -0.05) is 93.0 Å². The predicted molar refractivity (Wildman–Crippen MR) is 120 cm³/mol. The summed E-state index contributed by atoms with van der Waals surface area (Å²) < 4.78 is 5.31. The number of carbonyl (C=O) groups is 1. The van der Waals surface area contributed by atoms with Gasteiger partial charge in [-0.2, -0.15) is 0 Å². The van der Waals surface area contributed by atoms with Crippen molar-refractivity contribution in [3.63, 3.8) is 0 Å². The zero-order valence-electron chi connectivity index (χ0n) is 17.7. The van der Waals surface area contributed by atoms with Gasteiger partial charge in [0.1, 0.15) is 0 Å². The molecule has 0 bridgehead atoms. The number of carbonyl (C=O) groups excluding carboxylic acids is 1. The molecule has 0 fully saturated rings. The minimum Gasteiger partial charge on any atom is -0.465 e. The highest BCUT2D eigenvalue weighted by Gasteiger charge is 2.02. The van der Waals surface area contributed by atoms with Crippen LogP contribution in [0.3, 0.4) is 0 Å². The van der Waals surface area contributed by atoms with E-state index in [0.29, 0.717) is 13.0 Å². The Kier molecular flexibility index (Phi) is 15.6. The molecule has 2 heteroatoms. The number of benzene rings is 1. The fourth-order valence-electron chi connectivity index (χ4n) is 2.89. The molecule has 0 saturated heterocycles. The summed E-state index contributed by atoms with van der Waals surface area (Å²) in [5.41, 5.74) is 1.21. The third kappa shape index (κ3) is 15.0. The lowest BCUT2D eigenvalue weighted by atomic mass is 10.1. The molecule has 0 saturated carbocycles. The molecular formula is C26H38O2. The van der Waals surface area contributed by atoms with E-state index in [1.54, 1.807) is 0 Å². The summed E-state index contributed by atoms with van der Waals surface area (Å²) in [7, 11) is 0. The zero-order valence-corrected chi connectivity index (χ0v) is 17.7. The fraction of sp³-hybridized carbons (Fsp3) is 0.500. The number of allylic oxidation sites excluding steroid dienone is 6. The first-order valence-electron chi connectivity index (χ1n) is 11.0. The Labute approximate surface area is 172 Å². The minimum atomic E-state index is -0.0582. The molecule has 0 aliphatic heterocycles. The second kappa shape index (κ2) is 18.3. The van der Waals surface area contributed by atoms with Gasteiger partial charge in [0.25, 0.3) is 0 Å². The topological polar surface area (TPSA) is 26.3 Å². The molecule has 0 N–H and O–H groups in total. The number of hydrogen-bond donors (Lipinski definition) is 0. The predicted octanol–water partition coefficient (Wildman–Crippen LogP) is 7.36. The van der Waals surface area contributed by atoms with Crippen LogP contribution in [-0.4, -0.2) is 12.6 Å². The smallest absolute Gasteiger partial charge is 0.305 e. The molecule has 0 unspecified atom stereocenters. The molecule has 1 aromatic rings. The van der Waals surface area contributed by atoms with Crippen molar-refractivity contribution in [2.45, 2.75) is 77.6 Å². The van der Waals surface area contributed by atoms with Crippen LogP contribution in [0.25, 0.3) is 0 Å². The van der Waals surface area contributed by atoms with Gasteiger partial charge in [0, 0.05) is 12.8 Å². The number of hydrogen-bond acceptors (Lipinski definition) is 2. The van der Waals surface area contributed by atoms with E-state index in [4.69, 9.17) is 4.74 Å². The molecule has 1 aromatic carbocycles. The van der Waals surface area contributed by atoms with Crippen molar-refractivity contribution in [1.29, 1.82) is 0 Å². The Morgan fingerprint density at radius 3 is 2.21 bits per heavy atom. The standard InChI is InChI=1S/C26H38O2/c1-2-3-4-5-6-7-8-9-10-11-12-13-14-15-19-22-26(27)28-24-23-25-20-17-16-18-21-25/h3-4,6-7,9-10,16-18,20-21H,2,5,8,11-15,19,22-24H2,1H3/b4-3-,7-6-,10-9-. The summed E-state index contributed by atoms with van der Waals surface area (Å²) in [5.74, 6) is -0.0582. The molecule has 2 nitrogen and oxygen atoms in total. The summed E-state index contributed by atoms with van der Waals surface area (Å²) in [6, 6.07) is 10.1. The maximum atomic E-state index is 11.7. The van der Waals surface area contributed by atoms with Crippen LogP contribution in [0.1, 0.15) is 76.7 Å². The third-order valence-corrected chi connectivity index (χ3v) is 4.53. The minimum absolute atomic E-state index is 0.0582. The second-order valence-corrected chi connectivity index (χ2v) is 7.06. The van der Waals surface area contributed by atoms with E-state index in [0.717, 1.165) is 44.9 Å². The molecule has 0 aliphatic carbocycles. The number of ether oxygens (including phenoxy) is 1. The highest BCUT2D eigenvalue weighted by atomic mass is 16.5. The Hall–Kier alpha value is -2.09. The lowest BCUT2D eigenvalue weighted by Gasteiger charge is -2.05. The SMILES string of the molecule is CC/C=C\C/C=C\C/C=C\CCCCCCCC(=O)OCCc1ccccc1. The number of esters is 1. The van der Waals surface area contributed by atoms with Gasteiger partial charge >= 0.3 is 5.97 Å². The molecule has 0 aliphatic rings. The van der Waals surface area contributed by atoms with Crippen molar-refractivity contribution in [2.24, 2.45) is 0 Å². The van der Waals surface area contributed by atoms with Crippen LogP contribution in [0.2, 0.25) is 0 Å². The van der Waals surface area contributed by atoms with Crippen molar-refractivity contribution >= 4 is 5.97 Å². The summed E-state index contributed by atoms with van der Waals surface area (Å²) in [6.07, 6.45) is 24.9. The van der Waals surface area contributed by atoms with E-state index in [1.165, 1.54) is 24.8 Å². The first-order valence-corrected chi connectivity index (χ1v) is 11.0. The monoisotopic (exact) mass is 382 g/mol. The maximum Gasteiger partial charge on any atom is 0.305 e. The van der Waals surface area contributed by atoms with E-state index >= 15 is 0 Å². The normalized spacial score (nSPS) is 11.8. The van der Waals surface area contributed by atoms with Crippen LogP contribution in [-0.2, 0) is 16.0 Å². The largest absolute Gasteiger partial charge is 0.465 e. The van der Waals surface area contributed by atoms with E-state index in [9.17, 15) is 4.79 Å². The van der Waals surface area contributed by atoms with Gasteiger partial charge in [-0.05, 0) is 44.1 Å². The van der Waals surface area contributed by atoms with Crippen molar-refractivity contribution < 1.29 is 9.53 Å². The van der Waals surface area contributed by atoms with E-state index in [2.05, 4.69) is 55.5 Å². The van der Waals surface area contributed by atoms with Gasteiger partial charge in [0.15, 0.2) is 0 Å². The van der Waals surface area contributed by atoms with Crippen molar-refractivity contribution in [1.82, 2.24) is 0 Å². The quantitative estimate of drug-likeness (QED) is 0.169. The van der Waals surface area contributed by atoms with Crippen LogP contribution in [0.15, 0.2) is 66.8 Å². The average Bonchev–Trinajstić information content (AvgIpc) is 2.71. The summed E-state index contributed by atoms with van der Waals surface area (Å²) in [4.78, 5) is 11.7. The van der Waals surface area contributed by atoms with Gasteiger partial charge in [-0.15, -0.1) is 0 Å². The second-order valence-electron chi connectivity index (χ2n) is 7.06. The van der Waals surface area contributed by atoms with E-state index in [-0.39, 0.29) is 5.97 Å². The Morgan fingerprint density at radius 2 is 1.46 bits per heavy atom. The zero-order chi connectivity index (χ0) is 20.1. The van der Waals surface area contributed by atoms with Gasteiger partial charge in [-0.3, -0.25) is 4.79 Å². The van der Waals surface area contributed by atoms with Gasteiger partial charge in [0.05, 0.1) is 6.61 Å². The highest BCUT2D eigenvalue weighted by Crippen LogP contribution is 2.09. The molecule has 0 radical (unpaired) electrons. The summed E-state index contributed by atoms with van der Waals surface area (Å²) >= 11 is 0. The van der Waals surface area contributed by atoms with Crippen molar-refractivity contribution in [3.05, 3.63) is 72.4 Å². The summed E-state index contributed by atoms with van der Waals surface area (Å²) in [5, 5.41) is 0. The average molecular weight is 383 g/mol. The number of rotatable bonds is 16. The maximum absolute atomic E-state index is 11.7. The molecule has 1 rings (SSSR count). The van der Waals surface area contributed by atoms with Crippen LogP contribution >= 0.6 is 0 Å². The van der Waals surface area contributed by atoms with Crippen LogP contribution in [0.4, 0.5) is 0 Å². The lowest BCUT2D eigenvalue weighted by Crippen LogP contribution is -2.07. The molecule has 0 spiro atoms. The van der Waals surface area contributed by atoms with E-state index in [1.807, 2.05) is 18.2 Å². The summed E-state index contributed by atoms with van der Waals surface area (Å²) in [6.45, 7) is 2.64. The highest BCUT2D eigenvalue weighted by molar-refractivity contribution is 5.69. The Balaban J connectivity index is 1.86. The van der Waals surface area contributed by atoms with Crippen molar-refractivity contribution in [2.75, 3.05) is 6.61 Å². The molecule has 0 atom stereocenters. The fourth-order valence-corrected chi connectivity index (χ4v) is 2.89. The van der Waals surface area contributed by atoms with Crippen LogP contribution in [0.5, 0.6) is 0 Å². The van der Waals surface area contributed by atoms with Crippen molar-refractivity contribution in [3.8, 4) is 0 Å². The number of unbranched alkanes of at least 4 members (excludes halogenated alkanes) is 5. The molecule has 28 heavy (non-hydrogen) atoms. The Bertz CT molecular complexity index is 569. The molecule has 0 amide bonds. The van der Waals surface area contributed by atoms with Gasteiger partial charge < -0.3 is 4.74 Å². The molecule has 154 valence electrons. The molecular weight excluding hydrogens is 344 g/mol. The first kappa shape index (κ1) is 23.9. The lowest BCUT2D eigenvalue weighted by molar-refractivity contribution is -0.143. The third-order valence-electron chi connectivity index (χ3n) is 4.53. The van der Waals surface area contributed by atoms with Crippen LogP contribution < -0.4 is 0 Å². The van der Waals surface area contributed by atoms with E-state index < -0.39 is 0 Å². The molecule has 0 heterocycles. The van der Waals surface area contributed by atoms with Gasteiger partial charge in [0.2, 0.25) is 0 Å². The van der Waals surface area contributed by atoms with Gasteiger partial charge in [-0.25, -0.2) is 0 Å². The molecule has 0 aromatic heterocycles. The Morgan fingerprint density at radius 1 is 0.821 bits per heavy atom. The van der Waals surface area contributed by atoms with Crippen LogP contribution in [0, 0.1) is 0 Å².